The van der Waals surface area contributed by atoms with E-state index in [1.54, 1.807) is 30.3 Å². The van der Waals surface area contributed by atoms with Crippen LogP contribution in [0.2, 0.25) is 0 Å². The molecule has 0 aliphatic carbocycles. The van der Waals surface area contributed by atoms with Crippen molar-refractivity contribution in [2.75, 3.05) is 0 Å². The minimum atomic E-state index is -0.163. The Morgan fingerprint density at radius 2 is 2.07 bits per heavy atom. The predicted octanol–water partition coefficient (Wildman–Crippen LogP) is 1.71. The lowest BCUT2D eigenvalue weighted by Crippen LogP contribution is -1.78. The molecule has 0 bridgehead atoms. The summed E-state index contributed by atoms with van der Waals surface area (Å²) < 4.78 is 4.86. The van der Waals surface area contributed by atoms with E-state index in [1.165, 1.54) is 0 Å². The van der Waals surface area contributed by atoms with Gasteiger partial charge in [-0.2, -0.15) is 5.26 Å². The van der Waals surface area contributed by atoms with Crippen molar-refractivity contribution in [1.29, 1.82) is 5.26 Å². The van der Waals surface area contributed by atoms with Gasteiger partial charge in [0.25, 0.3) is 0 Å². The number of nitrogens with zero attached hydrogens (tertiary/aromatic N) is 2. The molecule has 1 aromatic carbocycles. The van der Waals surface area contributed by atoms with Gasteiger partial charge in [0.05, 0.1) is 11.6 Å². The van der Waals surface area contributed by atoms with Crippen molar-refractivity contribution in [3.05, 3.63) is 41.7 Å². The van der Waals surface area contributed by atoms with Gasteiger partial charge in [-0.25, -0.2) is 0 Å². The third-order valence-corrected chi connectivity index (χ3v) is 2.02. The average Bonchev–Trinajstić information content (AvgIpc) is 2.78. The van der Waals surface area contributed by atoms with E-state index in [4.69, 9.17) is 14.9 Å². The first-order chi connectivity index (χ1) is 7.33. The number of hydrogen-bond acceptors (Lipinski definition) is 4. The highest BCUT2D eigenvalue weighted by atomic mass is 16.5. The molecule has 0 saturated carbocycles. The number of nitriles is 1. The molecule has 15 heavy (non-hydrogen) atoms. The molecule has 4 heteroatoms. The van der Waals surface area contributed by atoms with Crippen LogP contribution in [0.4, 0.5) is 0 Å². The molecule has 74 valence electrons. The van der Waals surface area contributed by atoms with E-state index in [-0.39, 0.29) is 6.61 Å². The predicted molar refractivity (Wildman–Crippen MR) is 52.6 cm³/mol. The number of rotatable bonds is 2. The minimum absolute atomic E-state index is 0.163. The summed E-state index contributed by atoms with van der Waals surface area (Å²) in [7, 11) is 0. The number of aliphatic hydroxyl groups excluding tert-OH is 1. The number of aromatic nitrogens is 1. The average molecular weight is 200 g/mol. The highest BCUT2D eigenvalue weighted by molar-refractivity contribution is 5.59. The van der Waals surface area contributed by atoms with Crippen LogP contribution in [0.15, 0.2) is 34.9 Å². The fourth-order valence-electron chi connectivity index (χ4n) is 1.24. The van der Waals surface area contributed by atoms with Gasteiger partial charge >= 0.3 is 0 Å². The zero-order chi connectivity index (χ0) is 10.7. The second-order valence-electron chi connectivity index (χ2n) is 3.03. The molecule has 0 amide bonds. The highest BCUT2D eigenvalue weighted by Crippen LogP contribution is 2.19. The fraction of sp³-hybridized carbons (Fsp3) is 0.0909. The first-order valence-electron chi connectivity index (χ1n) is 4.40. The highest BCUT2D eigenvalue weighted by Gasteiger charge is 2.05. The topological polar surface area (TPSA) is 70.0 Å². The van der Waals surface area contributed by atoms with Gasteiger partial charge < -0.3 is 9.63 Å². The van der Waals surface area contributed by atoms with Gasteiger partial charge in [0.2, 0.25) is 0 Å². The van der Waals surface area contributed by atoms with Crippen LogP contribution < -0.4 is 0 Å². The maximum absolute atomic E-state index is 8.80. The van der Waals surface area contributed by atoms with Gasteiger partial charge in [0, 0.05) is 11.6 Å². The van der Waals surface area contributed by atoms with Crippen LogP contribution in [0.1, 0.15) is 11.3 Å². The van der Waals surface area contributed by atoms with E-state index >= 15 is 0 Å². The molecule has 1 aromatic heterocycles. The molecule has 2 rings (SSSR count). The molecular formula is C11H8N2O2. The van der Waals surface area contributed by atoms with Crippen molar-refractivity contribution in [2.45, 2.75) is 6.61 Å². The maximum atomic E-state index is 8.80. The Labute approximate surface area is 86.4 Å². The molecule has 2 aromatic rings. The van der Waals surface area contributed by atoms with Crippen LogP contribution >= 0.6 is 0 Å². The van der Waals surface area contributed by atoms with E-state index in [0.29, 0.717) is 17.0 Å². The molecule has 1 heterocycles. The van der Waals surface area contributed by atoms with Gasteiger partial charge in [-0.3, -0.25) is 0 Å². The summed E-state index contributed by atoms with van der Waals surface area (Å²) in [5.74, 6) is 0.425. The molecule has 0 spiro atoms. The van der Waals surface area contributed by atoms with Crippen molar-refractivity contribution in [3.8, 4) is 17.3 Å². The Morgan fingerprint density at radius 3 is 2.60 bits per heavy atom. The van der Waals surface area contributed by atoms with E-state index in [9.17, 15) is 0 Å². The summed E-state index contributed by atoms with van der Waals surface area (Å²) in [4.78, 5) is 0. The molecule has 0 unspecified atom stereocenters. The molecule has 0 fully saturated rings. The van der Waals surface area contributed by atoms with Crippen molar-refractivity contribution < 1.29 is 9.63 Å². The standard InChI is InChI=1S/C11H8N2O2/c12-6-8-1-3-9(4-2-8)11-5-10(7-14)15-13-11/h1-5,14H,7H2. The second kappa shape index (κ2) is 3.95. The van der Waals surface area contributed by atoms with Crippen LogP contribution in [-0.4, -0.2) is 10.3 Å². The van der Waals surface area contributed by atoms with Gasteiger partial charge in [-0.1, -0.05) is 17.3 Å². The van der Waals surface area contributed by atoms with Gasteiger partial charge in [-0.15, -0.1) is 0 Å². The van der Waals surface area contributed by atoms with Crippen molar-refractivity contribution in [3.63, 3.8) is 0 Å². The Kier molecular flexibility index (Phi) is 2.48. The lowest BCUT2D eigenvalue weighted by molar-refractivity contribution is 0.229. The van der Waals surface area contributed by atoms with Crippen molar-refractivity contribution >= 4 is 0 Å². The number of aliphatic hydroxyl groups is 1. The number of hydrogen-bond donors (Lipinski definition) is 1. The first kappa shape index (κ1) is 9.44. The summed E-state index contributed by atoms with van der Waals surface area (Å²) in [5.41, 5.74) is 2.12. The molecule has 0 aliphatic heterocycles. The van der Waals surface area contributed by atoms with Gasteiger partial charge in [0.1, 0.15) is 12.3 Å². The largest absolute Gasteiger partial charge is 0.388 e. The van der Waals surface area contributed by atoms with Crippen LogP contribution in [0.3, 0.4) is 0 Å². The van der Waals surface area contributed by atoms with E-state index < -0.39 is 0 Å². The smallest absolute Gasteiger partial charge is 0.162 e. The molecule has 1 N–H and O–H groups in total. The Morgan fingerprint density at radius 1 is 1.33 bits per heavy atom. The van der Waals surface area contributed by atoms with Crippen LogP contribution in [-0.2, 0) is 6.61 Å². The van der Waals surface area contributed by atoms with E-state index in [0.717, 1.165) is 5.56 Å². The van der Waals surface area contributed by atoms with Crippen LogP contribution in [0, 0.1) is 11.3 Å². The molecule has 0 atom stereocenters. The normalized spacial score (nSPS) is 9.87. The van der Waals surface area contributed by atoms with Gasteiger partial charge in [0.15, 0.2) is 5.76 Å². The van der Waals surface area contributed by atoms with Crippen molar-refractivity contribution in [1.82, 2.24) is 5.16 Å². The van der Waals surface area contributed by atoms with Crippen LogP contribution in [0.5, 0.6) is 0 Å². The monoisotopic (exact) mass is 200 g/mol. The Bertz CT molecular complexity index is 494. The second-order valence-corrected chi connectivity index (χ2v) is 3.03. The Hall–Kier alpha value is -2.12. The summed E-state index contributed by atoms with van der Waals surface area (Å²) in [6.45, 7) is -0.163. The fourth-order valence-corrected chi connectivity index (χ4v) is 1.24. The lowest BCUT2D eigenvalue weighted by Gasteiger charge is -1.93. The van der Waals surface area contributed by atoms with Crippen LogP contribution in [0.25, 0.3) is 11.3 Å². The zero-order valence-corrected chi connectivity index (χ0v) is 7.84. The van der Waals surface area contributed by atoms with E-state index in [1.807, 2.05) is 6.07 Å². The van der Waals surface area contributed by atoms with Crippen molar-refractivity contribution in [2.24, 2.45) is 0 Å². The third kappa shape index (κ3) is 1.87. The Balaban J connectivity index is 2.33. The number of benzene rings is 1. The SMILES string of the molecule is N#Cc1ccc(-c2cc(CO)on2)cc1. The molecule has 0 radical (unpaired) electrons. The molecular weight excluding hydrogens is 192 g/mol. The minimum Gasteiger partial charge on any atom is -0.388 e. The van der Waals surface area contributed by atoms with E-state index in [2.05, 4.69) is 5.16 Å². The quantitative estimate of drug-likeness (QED) is 0.801. The van der Waals surface area contributed by atoms with Gasteiger partial charge in [-0.05, 0) is 12.1 Å². The third-order valence-electron chi connectivity index (χ3n) is 2.02. The zero-order valence-electron chi connectivity index (χ0n) is 7.84. The molecule has 4 nitrogen and oxygen atoms in total. The maximum Gasteiger partial charge on any atom is 0.162 e. The summed E-state index contributed by atoms with van der Waals surface area (Å²) in [6.07, 6.45) is 0. The molecule has 0 saturated heterocycles. The summed E-state index contributed by atoms with van der Waals surface area (Å²) in [5, 5.41) is 21.2. The first-order valence-corrected chi connectivity index (χ1v) is 4.40. The lowest BCUT2D eigenvalue weighted by atomic mass is 10.1. The summed E-state index contributed by atoms with van der Waals surface area (Å²) >= 11 is 0. The summed E-state index contributed by atoms with van der Waals surface area (Å²) in [6, 6.07) is 10.7. The molecule has 0 aliphatic rings.